The van der Waals surface area contributed by atoms with Crippen LogP contribution in [0.4, 0.5) is 0 Å². The highest BCUT2D eigenvalue weighted by atomic mass is 35.5. The highest BCUT2D eigenvalue weighted by Gasteiger charge is 2.50. The smallest absolute Gasteiger partial charge is 0.319 e. The molecule has 108 valence electrons. The fourth-order valence-electron chi connectivity index (χ4n) is 2.46. The predicted molar refractivity (Wildman–Crippen MR) is 77.9 cm³/mol. The van der Waals surface area contributed by atoms with Crippen LogP contribution in [0.15, 0.2) is 18.2 Å². The maximum absolute atomic E-state index is 12.5. The molecule has 5 heteroatoms. The van der Waals surface area contributed by atoms with Gasteiger partial charge in [0.05, 0.1) is 5.92 Å². The largest absolute Gasteiger partial charge is 0.456 e. The summed E-state index contributed by atoms with van der Waals surface area (Å²) in [5, 5.41) is 0.904. The number of hydrogen-bond acceptors (Lipinski definition) is 3. The number of cyclic esters (lactones) is 1. The van der Waals surface area contributed by atoms with E-state index >= 15 is 0 Å². The van der Waals surface area contributed by atoms with Crippen LogP contribution < -0.4 is 0 Å². The zero-order valence-corrected chi connectivity index (χ0v) is 13.1. The Kier molecular flexibility index (Phi) is 4.12. The molecule has 1 aliphatic rings. The van der Waals surface area contributed by atoms with Gasteiger partial charge in [0.2, 0.25) is 0 Å². The molecular formula is C15H16Cl2O3. The van der Waals surface area contributed by atoms with Crippen molar-refractivity contribution >= 4 is 35.0 Å². The van der Waals surface area contributed by atoms with Gasteiger partial charge in [-0.15, -0.1) is 0 Å². The van der Waals surface area contributed by atoms with Gasteiger partial charge in [0, 0.05) is 15.6 Å². The molecule has 0 N–H and O–H groups in total. The number of carbonyl (C=O) groups is 2. The Morgan fingerprint density at radius 3 is 2.45 bits per heavy atom. The molecule has 2 atom stereocenters. The van der Waals surface area contributed by atoms with Gasteiger partial charge in [-0.3, -0.25) is 9.59 Å². The summed E-state index contributed by atoms with van der Waals surface area (Å²) in [5.41, 5.74) is -0.476. The van der Waals surface area contributed by atoms with E-state index in [2.05, 4.69) is 0 Å². The summed E-state index contributed by atoms with van der Waals surface area (Å²) in [6, 6.07) is 4.97. The summed E-state index contributed by atoms with van der Waals surface area (Å²) in [5.74, 6) is -1.00. The summed E-state index contributed by atoms with van der Waals surface area (Å²) >= 11 is 12.0. The van der Waals surface area contributed by atoms with E-state index in [4.69, 9.17) is 27.9 Å². The first-order valence-corrected chi connectivity index (χ1v) is 7.25. The maximum Gasteiger partial charge on any atom is 0.319 e. The third-order valence-corrected chi connectivity index (χ3v) is 4.33. The summed E-state index contributed by atoms with van der Waals surface area (Å²) in [6.07, 6.45) is -0.0584. The zero-order chi connectivity index (χ0) is 15.1. The Labute approximate surface area is 128 Å². The number of carbonyl (C=O) groups excluding carboxylic acids is 2. The molecular weight excluding hydrogens is 299 g/mol. The van der Waals surface area contributed by atoms with Crippen LogP contribution in [0.25, 0.3) is 0 Å². The summed E-state index contributed by atoms with van der Waals surface area (Å²) in [4.78, 5) is 24.5. The lowest BCUT2D eigenvalue weighted by molar-refractivity contribution is -0.179. The first-order valence-electron chi connectivity index (χ1n) is 6.49. The van der Waals surface area contributed by atoms with Gasteiger partial charge in [-0.2, -0.15) is 0 Å². The first kappa shape index (κ1) is 15.3. The highest BCUT2D eigenvalue weighted by Crippen LogP contribution is 2.43. The van der Waals surface area contributed by atoms with Gasteiger partial charge in [-0.25, -0.2) is 0 Å². The first-order chi connectivity index (χ1) is 9.28. The van der Waals surface area contributed by atoms with E-state index in [1.165, 1.54) is 0 Å². The number of esters is 1. The van der Waals surface area contributed by atoms with Gasteiger partial charge >= 0.3 is 5.97 Å². The zero-order valence-electron chi connectivity index (χ0n) is 11.6. The lowest BCUT2D eigenvalue weighted by atomic mass is 9.74. The Morgan fingerprint density at radius 2 is 1.90 bits per heavy atom. The van der Waals surface area contributed by atoms with Crippen molar-refractivity contribution in [1.82, 2.24) is 0 Å². The number of rotatable bonds is 2. The van der Waals surface area contributed by atoms with Gasteiger partial charge in [0.15, 0.2) is 5.78 Å². The molecule has 0 saturated carbocycles. The Hall–Kier alpha value is -1.06. The third-order valence-electron chi connectivity index (χ3n) is 3.77. The molecule has 20 heavy (non-hydrogen) atoms. The lowest BCUT2D eigenvalue weighted by Gasteiger charge is -2.38. The number of hydrogen-bond donors (Lipinski definition) is 0. The minimum atomic E-state index is -1.10. The minimum absolute atomic E-state index is 0.104. The second-order valence-electron chi connectivity index (χ2n) is 5.50. The molecule has 0 aliphatic carbocycles. The van der Waals surface area contributed by atoms with Crippen molar-refractivity contribution < 1.29 is 14.3 Å². The Bertz CT molecular complexity index is 566. The van der Waals surface area contributed by atoms with Crippen molar-refractivity contribution in [2.24, 2.45) is 11.3 Å². The van der Waals surface area contributed by atoms with Crippen LogP contribution in [-0.4, -0.2) is 11.8 Å². The van der Waals surface area contributed by atoms with Crippen LogP contribution >= 0.6 is 23.2 Å². The number of Topliss-reactive ketones (excluding diaryl/α,β-unsaturated/α-hetero) is 1. The SMILES string of the molecule is CCC1C(=O)C(C)(C)C(=O)OC1c1ccc(Cl)cc1Cl. The molecule has 1 aliphatic heterocycles. The number of ether oxygens (including phenoxy) is 1. The lowest BCUT2D eigenvalue weighted by Crippen LogP contribution is -2.47. The molecule has 0 radical (unpaired) electrons. The molecule has 3 nitrogen and oxygen atoms in total. The molecule has 2 unspecified atom stereocenters. The number of ketones is 1. The molecule has 1 fully saturated rings. The van der Waals surface area contributed by atoms with Gasteiger partial charge in [-0.1, -0.05) is 36.2 Å². The third kappa shape index (κ3) is 2.45. The average molecular weight is 315 g/mol. The van der Waals surface area contributed by atoms with E-state index in [1.807, 2.05) is 6.92 Å². The summed E-state index contributed by atoms with van der Waals surface area (Å²) in [6.45, 7) is 5.09. The van der Waals surface area contributed by atoms with Crippen LogP contribution in [0.5, 0.6) is 0 Å². The Morgan fingerprint density at radius 1 is 1.25 bits per heavy atom. The van der Waals surface area contributed by atoms with Crippen LogP contribution in [0.1, 0.15) is 38.9 Å². The van der Waals surface area contributed by atoms with E-state index in [0.717, 1.165) is 0 Å². The van der Waals surface area contributed by atoms with E-state index in [9.17, 15) is 9.59 Å². The van der Waals surface area contributed by atoms with Gasteiger partial charge < -0.3 is 4.74 Å². The summed E-state index contributed by atoms with van der Waals surface area (Å²) in [7, 11) is 0. The number of halogens is 2. The fourth-order valence-corrected chi connectivity index (χ4v) is 2.97. The number of benzene rings is 1. The monoisotopic (exact) mass is 314 g/mol. The van der Waals surface area contributed by atoms with E-state index in [1.54, 1.807) is 32.0 Å². The Balaban J connectivity index is 2.45. The quantitative estimate of drug-likeness (QED) is 0.606. The molecule has 0 amide bonds. The molecule has 1 aromatic carbocycles. The topological polar surface area (TPSA) is 43.4 Å². The second kappa shape index (κ2) is 5.38. The van der Waals surface area contributed by atoms with Crippen molar-refractivity contribution in [2.75, 3.05) is 0 Å². The van der Waals surface area contributed by atoms with Crippen LogP contribution in [0, 0.1) is 11.3 Å². The van der Waals surface area contributed by atoms with Crippen molar-refractivity contribution in [2.45, 2.75) is 33.3 Å². The van der Waals surface area contributed by atoms with Crippen LogP contribution in [-0.2, 0) is 14.3 Å². The van der Waals surface area contributed by atoms with Crippen molar-refractivity contribution in [3.63, 3.8) is 0 Å². The molecule has 2 rings (SSSR count). The standard InChI is InChI=1S/C15H16Cl2O3/c1-4-9-12(10-6-5-8(16)7-11(10)17)20-14(19)15(2,3)13(9)18/h5-7,9,12H,4H2,1-3H3. The van der Waals surface area contributed by atoms with Crippen molar-refractivity contribution in [1.29, 1.82) is 0 Å². The average Bonchev–Trinajstić information content (AvgIpc) is 2.36. The second-order valence-corrected chi connectivity index (χ2v) is 6.34. The van der Waals surface area contributed by atoms with Gasteiger partial charge in [-0.05, 0) is 32.4 Å². The molecule has 1 heterocycles. The van der Waals surface area contributed by atoms with E-state index in [0.29, 0.717) is 22.0 Å². The van der Waals surface area contributed by atoms with Crippen LogP contribution in [0.3, 0.4) is 0 Å². The molecule has 0 bridgehead atoms. The normalized spacial score (nSPS) is 25.4. The van der Waals surface area contributed by atoms with Crippen LogP contribution in [0.2, 0.25) is 10.0 Å². The van der Waals surface area contributed by atoms with Crippen molar-refractivity contribution in [3.8, 4) is 0 Å². The van der Waals surface area contributed by atoms with E-state index < -0.39 is 17.5 Å². The highest BCUT2D eigenvalue weighted by molar-refractivity contribution is 6.35. The molecule has 0 spiro atoms. The van der Waals surface area contributed by atoms with Crippen molar-refractivity contribution in [3.05, 3.63) is 33.8 Å². The van der Waals surface area contributed by atoms with E-state index in [-0.39, 0.29) is 11.7 Å². The van der Waals surface area contributed by atoms with Gasteiger partial charge in [0.25, 0.3) is 0 Å². The molecule has 1 saturated heterocycles. The predicted octanol–water partition coefficient (Wildman–Crippen LogP) is 4.21. The van der Waals surface area contributed by atoms with Gasteiger partial charge in [0.1, 0.15) is 11.5 Å². The summed E-state index contributed by atoms with van der Waals surface area (Å²) < 4.78 is 5.49. The minimum Gasteiger partial charge on any atom is -0.456 e. The molecule has 1 aromatic rings. The molecule has 0 aromatic heterocycles. The maximum atomic E-state index is 12.5. The fraction of sp³-hybridized carbons (Fsp3) is 0.467.